The van der Waals surface area contributed by atoms with E-state index in [-0.39, 0.29) is 37.7 Å². The molecule has 2 aliphatic rings. The number of rotatable bonds is 10. The van der Waals surface area contributed by atoms with Gasteiger partial charge in [0.05, 0.1) is 9.81 Å². The summed E-state index contributed by atoms with van der Waals surface area (Å²) in [4.78, 5) is 53.8. The van der Waals surface area contributed by atoms with E-state index < -0.39 is 11.8 Å². The van der Waals surface area contributed by atoms with Crippen LogP contribution in [0.15, 0.2) is 58.3 Å². The van der Waals surface area contributed by atoms with Gasteiger partial charge in [-0.2, -0.15) is 0 Å². The van der Waals surface area contributed by atoms with Crippen molar-refractivity contribution in [2.75, 3.05) is 13.1 Å². The Morgan fingerprint density at radius 1 is 0.714 bits per heavy atom. The highest BCUT2D eigenvalue weighted by Gasteiger charge is 2.33. The van der Waals surface area contributed by atoms with Gasteiger partial charge < -0.3 is 0 Å². The number of carbonyl (C=O) groups excluding carboxylic acids is 4. The van der Waals surface area contributed by atoms with Crippen LogP contribution in [0.2, 0.25) is 10.0 Å². The molecule has 4 amide bonds. The van der Waals surface area contributed by atoms with Gasteiger partial charge in [0.25, 0.3) is 11.8 Å². The average Bonchev–Trinajstić information content (AvgIpc) is 3.38. The first-order chi connectivity index (χ1) is 20.1. The van der Waals surface area contributed by atoms with Crippen molar-refractivity contribution in [2.45, 2.75) is 25.7 Å². The second kappa shape index (κ2) is 15.1. The number of thioether (sulfide) groups is 2. The zero-order chi connectivity index (χ0) is 30.2. The van der Waals surface area contributed by atoms with Crippen molar-refractivity contribution < 1.29 is 19.2 Å². The first kappa shape index (κ1) is 32.2. The number of thiocarbonyl (C=S) groups is 2. The van der Waals surface area contributed by atoms with Gasteiger partial charge in [-0.3, -0.25) is 39.8 Å². The van der Waals surface area contributed by atoms with Gasteiger partial charge in [-0.15, -0.1) is 0 Å². The minimum atomic E-state index is -0.401. The second-order valence-electron chi connectivity index (χ2n) is 9.01. The molecule has 14 heteroatoms. The van der Waals surface area contributed by atoms with E-state index in [4.69, 9.17) is 47.6 Å². The van der Waals surface area contributed by atoms with Gasteiger partial charge in [-0.05, 0) is 48.3 Å². The largest absolute Gasteiger partial charge is 0.293 e. The quantitative estimate of drug-likeness (QED) is 0.185. The third-order valence-electron chi connectivity index (χ3n) is 6.04. The molecule has 0 aromatic heterocycles. The van der Waals surface area contributed by atoms with Crippen molar-refractivity contribution in [2.24, 2.45) is 0 Å². The number of carbonyl (C=O) groups is 4. The number of benzene rings is 2. The lowest BCUT2D eigenvalue weighted by molar-refractivity contribution is -0.129. The number of hydrogen-bond donors (Lipinski definition) is 2. The monoisotopic (exact) mass is 678 g/mol. The van der Waals surface area contributed by atoms with Crippen molar-refractivity contribution in [1.29, 1.82) is 0 Å². The van der Waals surface area contributed by atoms with Gasteiger partial charge in [0, 0.05) is 36.0 Å². The first-order valence-electron chi connectivity index (χ1n) is 12.7. The Balaban J connectivity index is 1.15. The van der Waals surface area contributed by atoms with E-state index in [9.17, 15) is 19.2 Å². The van der Waals surface area contributed by atoms with Crippen molar-refractivity contribution in [1.82, 2.24) is 20.7 Å². The lowest BCUT2D eigenvalue weighted by Crippen LogP contribution is -2.42. The number of nitrogens with zero attached hydrogens (tertiary/aromatic N) is 2. The molecular weight excluding hydrogens is 656 g/mol. The highest BCUT2D eigenvalue weighted by molar-refractivity contribution is 8.27. The maximum Gasteiger partial charge on any atom is 0.266 e. The molecule has 0 atom stereocenters. The maximum atomic E-state index is 12.8. The van der Waals surface area contributed by atoms with E-state index in [1.807, 2.05) is 36.4 Å². The number of nitrogens with one attached hydrogen (secondary N) is 2. The third kappa shape index (κ3) is 8.42. The van der Waals surface area contributed by atoms with E-state index in [1.54, 1.807) is 24.3 Å². The van der Waals surface area contributed by atoms with Crippen molar-refractivity contribution in [3.05, 3.63) is 79.5 Å². The SMILES string of the molecule is O=C(CCCN1C(=O)/C(=C/c2ccccc2Cl)SC1=S)NNC(=O)CCCN1C(=O)/C(=C\c2ccccc2Cl)SC1=S. The summed E-state index contributed by atoms with van der Waals surface area (Å²) in [6.07, 6.45) is 4.26. The smallest absolute Gasteiger partial charge is 0.266 e. The average molecular weight is 680 g/mol. The Labute approximate surface area is 272 Å². The van der Waals surface area contributed by atoms with Crippen molar-refractivity contribution in [3.63, 3.8) is 0 Å². The molecule has 2 aromatic carbocycles. The molecule has 0 radical (unpaired) electrons. The number of amides is 4. The maximum absolute atomic E-state index is 12.8. The van der Waals surface area contributed by atoms with Crippen LogP contribution in [0.3, 0.4) is 0 Å². The number of hydrazine groups is 1. The standard InChI is InChI=1S/C28H24Cl2N4O4S4/c29-19-9-3-1-7-17(19)15-21-25(37)33(27(39)41-21)13-5-11-23(35)31-32-24(36)12-6-14-34-26(38)22(42-28(34)40)16-18-8-2-4-10-20(18)30/h1-4,7-10,15-16H,5-6,11-14H2,(H,31,35)(H,32,36)/b21-15-,22-16+. The van der Waals surface area contributed by atoms with Crippen molar-refractivity contribution in [3.8, 4) is 0 Å². The Bertz CT molecular complexity index is 1400. The molecular formula is C28H24Cl2N4O4S4. The topological polar surface area (TPSA) is 98.8 Å². The highest BCUT2D eigenvalue weighted by atomic mass is 35.5. The van der Waals surface area contributed by atoms with Crippen LogP contribution in [0, 0.1) is 0 Å². The fourth-order valence-electron chi connectivity index (χ4n) is 3.91. The lowest BCUT2D eigenvalue weighted by Gasteiger charge is -2.15. The Morgan fingerprint density at radius 3 is 1.48 bits per heavy atom. The Hall–Kier alpha value is -2.74. The molecule has 0 saturated carbocycles. The predicted molar refractivity (Wildman–Crippen MR) is 177 cm³/mol. The highest BCUT2D eigenvalue weighted by Crippen LogP contribution is 2.35. The molecule has 2 saturated heterocycles. The van der Waals surface area contributed by atoms with Gasteiger partial charge >= 0.3 is 0 Å². The summed E-state index contributed by atoms with van der Waals surface area (Å²) in [6, 6.07) is 14.4. The summed E-state index contributed by atoms with van der Waals surface area (Å²) in [7, 11) is 0. The molecule has 218 valence electrons. The van der Waals surface area contributed by atoms with Crippen LogP contribution in [-0.2, 0) is 19.2 Å². The summed E-state index contributed by atoms with van der Waals surface area (Å²) in [5.74, 6) is -1.27. The summed E-state index contributed by atoms with van der Waals surface area (Å²) in [6.45, 7) is 0.529. The van der Waals surface area contributed by atoms with Crippen LogP contribution >= 0.6 is 71.2 Å². The van der Waals surface area contributed by atoms with Gasteiger partial charge in [0.1, 0.15) is 8.64 Å². The molecule has 0 bridgehead atoms. The van der Waals surface area contributed by atoms with Crippen LogP contribution < -0.4 is 10.9 Å². The molecule has 0 aliphatic carbocycles. The van der Waals surface area contributed by atoms with E-state index in [0.29, 0.717) is 41.3 Å². The van der Waals surface area contributed by atoms with Gasteiger partial charge in [-0.1, -0.05) is 108 Å². The van der Waals surface area contributed by atoms with E-state index >= 15 is 0 Å². The molecule has 2 aliphatic heterocycles. The van der Waals surface area contributed by atoms with Crippen LogP contribution in [0.4, 0.5) is 0 Å². The Kier molecular flexibility index (Phi) is 11.6. The summed E-state index contributed by atoms with van der Waals surface area (Å²) < 4.78 is 0.820. The molecule has 4 rings (SSSR count). The molecule has 42 heavy (non-hydrogen) atoms. The fourth-order valence-corrected chi connectivity index (χ4v) is 6.89. The molecule has 0 unspecified atom stereocenters. The minimum absolute atomic E-state index is 0.0786. The Morgan fingerprint density at radius 2 is 1.10 bits per heavy atom. The van der Waals surface area contributed by atoms with E-state index in [1.165, 1.54) is 33.3 Å². The van der Waals surface area contributed by atoms with Crippen LogP contribution in [0.1, 0.15) is 36.8 Å². The third-order valence-corrected chi connectivity index (χ3v) is 9.49. The molecule has 0 spiro atoms. The van der Waals surface area contributed by atoms with Gasteiger partial charge in [-0.25, -0.2) is 0 Å². The van der Waals surface area contributed by atoms with Gasteiger partial charge in [0.2, 0.25) is 11.8 Å². The first-order valence-corrected chi connectivity index (χ1v) is 15.9. The number of halogens is 2. The van der Waals surface area contributed by atoms with Crippen LogP contribution in [-0.4, -0.2) is 55.2 Å². The summed E-state index contributed by atoms with van der Waals surface area (Å²) in [5, 5.41) is 1.06. The summed E-state index contributed by atoms with van der Waals surface area (Å²) in [5.41, 5.74) is 6.19. The minimum Gasteiger partial charge on any atom is -0.293 e. The molecule has 2 fully saturated rings. The van der Waals surface area contributed by atoms with E-state index in [2.05, 4.69) is 10.9 Å². The van der Waals surface area contributed by atoms with Crippen LogP contribution in [0.5, 0.6) is 0 Å². The van der Waals surface area contributed by atoms with Crippen LogP contribution in [0.25, 0.3) is 12.2 Å². The number of hydrogen-bond acceptors (Lipinski definition) is 8. The van der Waals surface area contributed by atoms with E-state index in [0.717, 1.165) is 11.1 Å². The summed E-state index contributed by atoms with van der Waals surface area (Å²) >= 11 is 25.4. The molecule has 2 aromatic rings. The molecule has 8 nitrogen and oxygen atoms in total. The molecule has 2 heterocycles. The zero-order valence-electron chi connectivity index (χ0n) is 21.9. The van der Waals surface area contributed by atoms with Crippen molar-refractivity contribution >= 4 is 116 Å². The molecule has 2 N–H and O–H groups in total. The predicted octanol–water partition coefficient (Wildman–Crippen LogP) is 5.80. The zero-order valence-corrected chi connectivity index (χ0v) is 26.7. The lowest BCUT2D eigenvalue weighted by atomic mass is 10.2. The second-order valence-corrected chi connectivity index (χ2v) is 13.2. The fraction of sp³-hybridized carbons (Fsp3) is 0.214. The van der Waals surface area contributed by atoms with Gasteiger partial charge in [0.15, 0.2) is 0 Å². The normalized spacial score (nSPS) is 17.1.